The lowest BCUT2D eigenvalue weighted by Gasteiger charge is -2.06. The second kappa shape index (κ2) is 5.06. The Labute approximate surface area is 124 Å². The maximum Gasteiger partial charge on any atom is 0.137 e. The molecule has 0 fully saturated rings. The molecule has 0 aliphatic heterocycles. The van der Waals surface area contributed by atoms with E-state index in [0.29, 0.717) is 11.5 Å². The standard InChI is InChI=1S/C18H17N3/c1-12(2)15-5-7-16(8-6-15)18-13(3)21-11-14(10-19)4-9-17(21)20-18/h4-9,11-12H,1-3H3. The molecule has 0 bridgehead atoms. The molecule has 0 unspecified atom stereocenters. The Kier molecular flexibility index (Phi) is 3.23. The first kappa shape index (κ1) is 13.4. The SMILES string of the molecule is Cc1c(-c2ccc(C(C)C)cc2)nc2ccc(C#N)cn12. The Bertz CT molecular complexity index is 833. The summed E-state index contributed by atoms with van der Waals surface area (Å²) in [5, 5.41) is 9.01. The molecule has 104 valence electrons. The van der Waals surface area contributed by atoms with E-state index in [1.54, 1.807) is 6.07 Å². The lowest BCUT2D eigenvalue weighted by atomic mass is 10.0. The zero-order valence-electron chi connectivity index (χ0n) is 12.5. The molecule has 0 aliphatic carbocycles. The van der Waals surface area contributed by atoms with Crippen LogP contribution in [0.25, 0.3) is 16.9 Å². The van der Waals surface area contributed by atoms with Gasteiger partial charge in [-0.3, -0.25) is 0 Å². The second-order valence-corrected chi connectivity index (χ2v) is 5.58. The summed E-state index contributed by atoms with van der Waals surface area (Å²) in [5.41, 5.74) is 5.98. The summed E-state index contributed by atoms with van der Waals surface area (Å²) < 4.78 is 1.98. The Morgan fingerprint density at radius 1 is 1.10 bits per heavy atom. The number of imidazole rings is 1. The molecule has 3 aromatic rings. The van der Waals surface area contributed by atoms with Crippen molar-refractivity contribution in [1.82, 2.24) is 9.38 Å². The van der Waals surface area contributed by atoms with E-state index in [9.17, 15) is 0 Å². The van der Waals surface area contributed by atoms with Crippen LogP contribution in [0.1, 0.15) is 36.6 Å². The number of hydrogen-bond acceptors (Lipinski definition) is 2. The third-order valence-electron chi connectivity index (χ3n) is 3.84. The molecule has 2 heterocycles. The summed E-state index contributed by atoms with van der Waals surface area (Å²) in [7, 11) is 0. The van der Waals surface area contributed by atoms with Crippen LogP contribution in [0.5, 0.6) is 0 Å². The van der Waals surface area contributed by atoms with Gasteiger partial charge in [-0.25, -0.2) is 4.98 Å². The number of nitriles is 1. The number of nitrogens with zero attached hydrogens (tertiary/aromatic N) is 3. The van der Waals surface area contributed by atoms with Gasteiger partial charge in [0.2, 0.25) is 0 Å². The fourth-order valence-electron chi connectivity index (χ4n) is 2.53. The van der Waals surface area contributed by atoms with Crippen molar-refractivity contribution in [3.05, 3.63) is 59.4 Å². The topological polar surface area (TPSA) is 41.1 Å². The van der Waals surface area contributed by atoms with Gasteiger partial charge in [0.15, 0.2) is 0 Å². The van der Waals surface area contributed by atoms with Gasteiger partial charge >= 0.3 is 0 Å². The van der Waals surface area contributed by atoms with Crippen LogP contribution in [-0.2, 0) is 0 Å². The zero-order chi connectivity index (χ0) is 15.0. The minimum Gasteiger partial charge on any atom is -0.302 e. The van der Waals surface area contributed by atoms with Crippen LogP contribution >= 0.6 is 0 Å². The summed E-state index contributed by atoms with van der Waals surface area (Å²) in [5.74, 6) is 0.527. The maximum atomic E-state index is 9.01. The van der Waals surface area contributed by atoms with Crippen molar-refractivity contribution in [2.45, 2.75) is 26.7 Å². The molecular formula is C18H17N3. The van der Waals surface area contributed by atoms with Gasteiger partial charge in [0, 0.05) is 17.5 Å². The van der Waals surface area contributed by atoms with E-state index in [1.807, 2.05) is 23.6 Å². The van der Waals surface area contributed by atoms with Crippen LogP contribution in [0.15, 0.2) is 42.6 Å². The molecule has 1 aromatic carbocycles. The number of fused-ring (bicyclic) bond motifs is 1. The maximum absolute atomic E-state index is 9.01. The van der Waals surface area contributed by atoms with Gasteiger partial charge in [-0.05, 0) is 30.5 Å². The highest BCUT2D eigenvalue weighted by Crippen LogP contribution is 2.26. The molecule has 0 saturated carbocycles. The van der Waals surface area contributed by atoms with Gasteiger partial charge in [0.05, 0.1) is 11.3 Å². The largest absolute Gasteiger partial charge is 0.302 e. The number of aromatic nitrogens is 2. The van der Waals surface area contributed by atoms with Crippen molar-refractivity contribution in [2.24, 2.45) is 0 Å². The molecular weight excluding hydrogens is 258 g/mol. The van der Waals surface area contributed by atoms with Gasteiger partial charge in [-0.1, -0.05) is 38.1 Å². The number of aryl methyl sites for hydroxylation is 1. The monoisotopic (exact) mass is 275 g/mol. The summed E-state index contributed by atoms with van der Waals surface area (Å²) in [4.78, 5) is 4.69. The fraction of sp³-hybridized carbons (Fsp3) is 0.222. The molecule has 0 atom stereocenters. The molecule has 3 rings (SSSR count). The quantitative estimate of drug-likeness (QED) is 0.699. The first-order valence-electron chi connectivity index (χ1n) is 7.09. The fourth-order valence-corrected chi connectivity index (χ4v) is 2.53. The summed E-state index contributed by atoms with van der Waals surface area (Å²) >= 11 is 0. The van der Waals surface area contributed by atoms with Crippen LogP contribution < -0.4 is 0 Å². The van der Waals surface area contributed by atoms with Crippen molar-refractivity contribution in [2.75, 3.05) is 0 Å². The Morgan fingerprint density at radius 2 is 1.81 bits per heavy atom. The van der Waals surface area contributed by atoms with Crippen molar-refractivity contribution in [1.29, 1.82) is 5.26 Å². The molecule has 0 N–H and O–H groups in total. The molecule has 0 aliphatic rings. The third-order valence-corrected chi connectivity index (χ3v) is 3.84. The van der Waals surface area contributed by atoms with E-state index in [2.05, 4.69) is 49.2 Å². The highest BCUT2D eigenvalue weighted by molar-refractivity contribution is 5.67. The summed E-state index contributed by atoms with van der Waals surface area (Å²) in [6, 6.07) is 14.4. The number of benzene rings is 1. The molecule has 2 aromatic heterocycles. The van der Waals surface area contributed by atoms with Crippen LogP contribution in [0, 0.1) is 18.3 Å². The van der Waals surface area contributed by atoms with Gasteiger partial charge in [0.1, 0.15) is 11.7 Å². The zero-order valence-corrected chi connectivity index (χ0v) is 12.5. The van der Waals surface area contributed by atoms with Gasteiger partial charge < -0.3 is 4.40 Å². The minimum atomic E-state index is 0.527. The van der Waals surface area contributed by atoms with E-state index in [4.69, 9.17) is 5.26 Å². The predicted molar refractivity (Wildman–Crippen MR) is 84.2 cm³/mol. The lowest BCUT2D eigenvalue weighted by Crippen LogP contribution is -1.90. The normalized spacial score (nSPS) is 11.0. The molecule has 0 spiro atoms. The molecule has 3 heteroatoms. The van der Waals surface area contributed by atoms with Gasteiger partial charge in [-0.2, -0.15) is 5.26 Å². The highest BCUT2D eigenvalue weighted by atomic mass is 15.0. The Balaban J connectivity index is 2.12. The molecule has 21 heavy (non-hydrogen) atoms. The summed E-state index contributed by atoms with van der Waals surface area (Å²) in [6.45, 7) is 6.41. The van der Waals surface area contributed by atoms with Crippen molar-refractivity contribution in [3.8, 4) is 17.3 Å². The lowest BCUT2D eigenvalue weighted by molar-refractivity contribution is 0.867. The predicted octanol–water partition coefficient (Wildman–Crippen LogP) is 4.30. The molecule has 3 nitrogen and oxygen atoms in total. The summed E-state index contributed by atoms with van der Waals surface area (Å²) in [6.07, 6.45) is 1.84. The van der Waals surface area contributed by atoms with Crippen LogP contribution in [0.2, 0.25) is 0 Å². The third kappa shape index (κ3) is 2.30. The van der Waals surface area contributed by atoms with Gasteiger partial charge in [-0.15, -0.1) is 0 Å². The van der Waals surface area contributed by atoms with E-state index in [0.717, 1.165) is 22.6 Å². The van der Waals surface area contributed by atoms with Crippen LogP contribution in [0.4, 0.5) is 0 Å². The van der Waals surface area contributed by atoms with Crippen LogP contribution in [-0.4, -0.2) is 9.38 Å². The van der Waals surface area contributed by atoms with Gasteiger partial charge in [0.25, 0.3) is 0 Å². The van der Waals surface area contributed by atoms with Crippen molar-refractivity contribution >= 4 is 5.65 Å². The van der Waals surface area contributed by atoms with E-state index in [1.165, 1.54) is 5.56 Å². The van der Waals surface area contributed by atoms with E-state index < -0.39 is 0 Å². The van der Waals surface area contributed by atoms with E-state index >= 15 is 0 Å². The molecule has 0 radical (unpaired) electrons. The molecule has 0 saturated heterocycles. The van der Waals surface area contributed by atoms with Crippen molar-refractivity contribution in [3.63, 3.8) is 0 Å². The number of pyridine rings is 1. The first-order chi connectivity index (χ1) is 10.1. The van der Waals surface area contributed by atoms with E-state index in [-0.39, 0.29) is 0 Å². The van der Waals surface area contributed by atoms with Crippen LogP contribution in [0.3, 0.4) is 0 Å². The second-order valence-electron chi connectivity index (χ2n) is 5.58. The Morgan fingerprint density at radius 3 is 2.43 bits per heavy atom. The number of rotatable bonds is 2. The average Bonchev–Trinajstić information content (AvgIpc) is 2.84. The first-order valence-corrected chi connectivity index (χ1v) is 7.09. The minimum absolute atomic E-state index is 0.527. The number of hydrogen-bond donors (Lipinski definition) is 0. The highest BCUT2D eigenvalue weighted by Gasteiger charge is 2.11. The smallest absolute Gasteiger partial charge is 0.137 e. The van der Waals surface area contributed by atoms with Crippen molar-refractivity contribution < 1.29 is 0 Å². The molecule has 0 amide bonds. The average molecular weight is 275 g/mol. The Hall–Kier alpha value is -2.60.